The molecule has 1 aromatic rings. The fourth-order valence-electron chi connectivity index (χ4n) is 1.85. The molecule has 0 aliphatic carbocycles. The van der Waals surface area contributed by atoms with Gasteiger partial charge in [-0.05, 0) is 18.4 Å². The Labute approximate surface area is 124 Å². The molecule has 0 fully saturated rings. The Hall–Kier alpha value is -1.45. The summed E-state index contributed by atoms with van der Waals surface area (Å²) < 4.78 is 116. The highest BCUT2D eigenvalue weighted by molar-refractivity contribution is 5.33. The van der Waals surface area contributed by atoms with Crippen molar-refractivity contribution in [1.29, 1.82) is 0 Å². The zero-order valence-corrected chi connectivity index (χ0v) is 11.2. The molecular formula is C13H10F9O. The molecule has 0 saturated carbocycles. The highest BCUT2D eigenvalue weighted by Gasteiger charge is 2.82. The van der Waals surface area contributed by atoms with Crippen LogP contribution in [0, 0.1) is 0 Å². The zero-order chi connectivity index (χ0) is 18.1. The van der Waals surface area contributed by atoms with Crippen molar-refractivity contribution in [1.82, 2.24) is 0 Å². The van der Waals surface area contributed by atoms with E-state index in [0.717, 1.165) is 18.2 Å². The van der Waals surface area contributed by atoms with Crippen molar-refractivity contribution >= 4 is 0 Å². The van der Waals surface area contributed by atoms with E-state index in [9.17, 15) is 44.6 Å². The molecule has 23 heavy (non-hydrogen) atoms. The molecule has 0 amide bonds. The summed E-state index contributed by atoms with van der Waals surface area (Å²) in [4.78, 5) is 0. The minimum atomic E-state index is -6.94. The van der Waals surface area contributed by atoms with Crippen molar-refractivity contribution in [2.45, 2.75) is 36.8 Å². The summed E-state index contributed by atoms with van der Waals surface area (Å²) >= 11 is 0. The maximum Gasteiger partial charge on any atom is 0.460 e. The Morgan fingerprint density at radius 1 is 0.783 bits per heavy atom. The van der Waals surface area contributed by atoms with Crippen molar-refractivity contribution in [3.8, 4) is 0 Å². The molecule has 1 aromatic carbocycles. The van der Waals surface area contributed by atoms with Gasteiger partial charge in [0, 0.05) is 5.56 Å². The molecule has 1 nitrogen and oxygen atoms in total. The fraction of sp³-hybridized carbons (Fsp3) is 0.538. The van der Waals surface area contributed by atoms with Gasteiger partial charge in [0.1, 0.15) is 0 Å². The van der Waals surface area contributed by atoms with E-state index in [1.807, 2.05) is 0 Å². The molecule has 1 radical (unpaired) electrons. The van der Waals surface area contributed by atoms with E-state index >= 15 is 0 Å². The zero-order valence-electron chi connectivity index (χ0n) is 11.2. The van der Waals surface area contributed by atoms with Crippen LogP contribution in [0.2, 0.25) is 0 Å². The van der Waals surface area contributed by atoms with Gasteiger partial charge in [-0.15, -0.1) is 0 Å². The molecule has 0 bridgehead atoms. The smallest absolute Gasteiger partial charge is 0.237 e. The standard InChI is InChI=1S/C13H10F9O/c14-10(15,11(16,17)12(18,19)13(20,21)22)9-6-2-1-4-8(9)5-3-7-23/h1-2,4,6H,3,5,7H2. The second-order valence-electron chi connectivity index (χ2n) is 4.69. The van der Waals surface area contributed by atoms with Crippen LogP contribution in [0.25, 0.3) is 0 Å². The van der Waals surface area contributed by atoms with Crippen LogP contribution in [0.4, 0.5) is 39.5 Å². The van der Waals surface area contributed by atoms with Crippen molar-refractivity contribution in [2.75, 3.05) is 6.61 Å². The highest BCUT2D eigenvalue weighted by atomic mass is 19.4. The summed E-state index contributed by atoms with van der Waals surface area (Å²) in [7, 11) is 0. The summed E-state index contributed by atoms with van der Waals surface area (Å²) in [6.45, 7) is -0.755. The van der Waals surface area contributed by atoms with Crippen molar-refractivity contribution in [3.05, 3.63) is 35.4 Å². The number of rotatable bonds is 6. The van der Waals surface area contributed by atoms with Crippen LogP contribution in [-0.4, -0.2) is 24.6 Å². The number of aryl methyl sites for hydroxylation is 1. The van der Waals surface area contributed by atoms with Gasteiger partial charge in [0.25, 0.3) is 0 Å². The predicted octanol–water partition coefficient (Wildman–Crippen LogP) is 4.97. The van der Waals surface area contributed by atoms with Gasteiger partial charge in [0.05, 0.1) is 6.61 Å². The maximum absolute atomic E-state index is 13.8. The molecule has 0 N–H and O–H groups in total. The average molecular weight is 353 g/mol. The van der Waals surface area contributed by atoms with Crippen molar-refractivity contribution in [3.63, 3.8) is 0 Å². The number of alkyl halides is 9. The minimum absolute atomic E-state index is 0.270. The first kappa shape index (κ1) is 19.6. The molecule has 0 aliphatic rings. The summed E-state index contributed by atoms with van der Waals surface area (Å²) in [6.07, 6.45) is -7.58. The largest absolute Gasteiger partial charge is 0.460 e. The van der Waals surface area contributed by atoms with Crippen molar-refractivity contribution < 1.29 is 44.6 Å². The van der Waals surface area contributed by atoms with Gasteiger partial charge in [-0.3, -0.25) is 0 Å². The van der Waals surface area contributed by atoms with Crippen LogP contribution < -0.4 is 0 Å². The van der Waals surface area contributed by atoms with Crippen LogP contribution >= 0.6 is 0 Å². The molecule has 0 aromatic heterocycles. The summed E-state index contributed by atoms with van der Waals surface area (Å²) in [5.41, 5.74) is -2.26. The van der Waals surface area contributed by atoms with Crippen LogP contribution in [-0.2, 0) is 17.4 Å². The molecule has 10 heteroatoms. The normalized spacial score (nSPS) is 14.2. The van der Waals surface area contributed by atoms with Gasteiger partial charge in [0.2, 0.25) is 0 Å². The lowest BCUT2D eigenvalue weighted by atomic mass is 9.91. The topological polar surface area (TPSA) is 19.9 Å². The van der Waals surface area contributed by atoms with E-state index in [-0.39, 0.29) is 6.42 Å². The van der Waals surface area contributed by atoms with Gasteiger partial charge in [-0.25, -0.2) is 5.11 Å². The van der Waals surface area contributed by atoms with Gasteiger partial charge in [-0.2, -0.15) is 39.5 Å². The Bertz CT molecular complexity index is 536. The van der Waals surface area contributed by atoms with Crippen LogP contribution in [0.1, 0.15) is 17.5 Å². The van der Waals surface area contributed by atoms with E-state index in [4.69, 9.17) is 0 Å². The Balaban J connectivity index is 3.41. The Morgan fingerprint density at radius 3 is 1.78 bits per heavy atom. The third-order valence-corrected chi connectivity index (χ3v) is 3.09. The van der Waals surface area contributed by atoms with Gasteiger partial charge < -0.3 is 0 Å². The lowest BCUT2D eigenvalue weighted by Gasteiger charge is -2.34. The third-order valence-electron chi connectivity index (χ3n) is 3.09. The van der Waals surface area contributed by atoms with E-state index in [1.54, 1.807) is 0 Å². The lowest BCUT2D eigenvalue weighted by Crippen LogP contribution is -2.59. The second-order valence-corrected chi connectivity index (χ2v) is 4.69. The van der Waals surface area contributed by atoms with Gasteiger partial charge in [-0.1, -0.05) is 24.3 Å². The first-order valence-electron chi connectivity index (χ1n) is 6.17. The van der Waals surface area contributed by atoms with Crippen LogP contribution in [0.5, 0.6) is 0 Å². The first-order valence-corrected chi connectivity index (χ1v) is 6.17. The average Bonchev–Trinajstić information content (AvgIpc) is 2.43. The molecule has 0 spiro atoms. The van der Waals surface area contributed by atoms with Crippen molar-refractivity contribution in [2.24, 2.45) is 0 Å². The van der Waals surface area contributed by atoms with E-state index < -0.39 is 48.1 Å². The molecule has 0 saturated heterocycles. The monoisotopic (exact) mass is 353 g/mol. The molecule has 0 aliphatic heterocycles. The maximum atomic E-state index is 13.8. The number of hydrogen-bond acceptors (Lipinski definition) is 0. The lowest BCUT2D eigenvalue weighted by molar-refractivity contribution is -0.399. The number of hydrogen-bond donors (Lipinski definition) is 0. The second kappa shape index (κ2) is 6.21. The Morgan fingerprint density at radius 2 is 1.30 bits per heavy atom. The van der Waals surface area contributed by atoms with E-state index in [1.165, 1.54) is 0 Å². The van der Waals surface area contributed by atoms with E-state index in [2.05, 4.69) is 0 Å². The molecule has 0 unspecified atom stereocenters. The molecule has 131 valence electrons. The van der Waals surface area contributed by atoms with Crippen LogP contribution in [0.3, 0.4) is 0 Å². The third kappa shape index (κ3) is 3.26. The fourth-order valence-corrected chi connectivity index (χ4v) is 1.85. The van der Waals surface area contributed by atoms with Gasteiger partial charge >= 0.3 is 23.9 Å². The minimum Gasteiger partial charge on any atom is -0.237 e. The summed E-state index contributed by atoms with van der Waals surface area (Å²) in [6, 6.07) is 3.10. The first-order chi connectivity index (χ1) is 10.3. The molecule has 0 heterocycles. The van der Waals surface area contributed by atoms with Crippen LogP contribution in [0.15, 0.2) is 24.3 Å². The SMILES string of the molecule is [O]CCCc1ccccc1C(F)(F)C(F)(F)C(F)(F)C(F)(F)F. The quantitative estimate of drug-likeness (QED) is 0.644. The number of halogens is 9. The van der Waals surface area contributed by atoms with E-state index in [0.29, 0.717) is 6.07 Å². The molecule has 1 rings (SSSR count). The summed E-state index contributed by atoms with van der Waals surface area (Å²) in [5.74, 6) is -19.4. The summed E-state index contributed by atoms with van der Waals surface area (Å²) in [5, 5.41) is 10.3. The predicted molar refractivity (Wildman–Crippen MR) is 60.2 cm³/mol. The Kier molecular flexibility index (Phi) is 5.30. The molecule has 0 atom stereocenters. The molecular weight excluding hydrogens is 343 g/mol. The number of benzene rings is 1. The highest BCUT2D eigenvalue weighted by Crippen LogP contribution is 2.57. The van der Waals surface area contributed by atoms with Gasteiger partial charge in [0.15, 0.2) is 0 Å².